The number of ether oxygens (including phenoxy) is 3. The number of nitrogens with zero attached hydrogens (tertiary/aromatic N) is 3. The number of hydrogen-bond acceptors (Lipinski definition) is 7. The molecule has 0 aliphatic rings. The Morgan fingerprint density at radius 3 is 2.52 bits per heavy atom. The number of methoxy groups -OCH3 is 3. The molecule has 0 fully saturated rings. The van der Waals surface area contributed by atoms with E-state index in [0.29, 0.717) is 34.7 Å². The average molecular weight is 333 g/mol. The third kappa shape index (κ3) is 2.61. The Morgan fingerprint density at radius 2 is 1.91 bits per heavy atom. The average Bonchev–Trinajstić information content (AvgIpc) is 3.08. The number of rotatable bonds is 5. The van der Waals surface area contributed by atoms with E-state index in [1.54, 1.807) is 12.3 Å². The van der Waals surface area contributed by atoms with Crippen molar-refractivity contribution in [1.82, 2.24) is 14.5 Å². The predicted octanol–water partition coefficient (Wildman–Crippen LogP) is 1.93. The van der Waals surface area contributed by atoms with Crippen LogP contribution in [-0.2, 0) is 6.54 Å². The molecule has 23 heavy (non-hydrogen) atoms. The first-order chi connectivity index (χ1) is 11.2. The number of fused-ring (bicyclic) bond motifs is 1. The van der Waals surface area contributed by atoms with E-state index in [1.807, 2.05) is 5.38 Å². The summed E-state index contributed by atoms with van der Waals surface area (Å²) in [7, 11) is 4.52. The molecular weight excluding hydrogens is 318 g/mol. The van der Waals surface area contributed by atoms with E-state index in [-0.39, 0.29) is 5.56 Å². The Kier molecular flexibility index (Phi) is 4.16. The molecule has 2 aromatic heterocycles. The molecule has 120 valence electrons. The number of benzene rings is 1. The van der Waals surface area contributed by atoms with Gasteiger partial charge in [-0.15, -0.1) is 11.3 Å². The zero-order valence-electron chi connectivity index (χ0n) is 12.9. The Morgan fingerprint density at radius 1 is 1.13 bits per heavy atom. The van der Waals surface area contributed by atoms with Crippen LogP contribution >= 0.6 is 11.3 Å². The lowest BCUT2D eigenvalue weighted by Crippen LogP contribution is -2.21. The van der Waals surface area contributed by atoms with E-state index < -0.39 is 0 Å². The summed E-state index contributed by atoms with van der Waals surface area (Å²) >= 11 is 1.49. The number of aromatic nitrogens is 3. The summed E-state index contributed by atoms with van der Waals surface area (Å²) in [5.74, 6) is 1.20. The zero-order valence-corrected chi connectivity index (χ0v) is 13.7. The SMILES string of the molecule is COc1cc2c(=O)n(Cc3nccs3)cnc2c(OC)c1OC. The van der Waals surface area contributed by atoms with Crippen LogP contribution in [0.3, 0.4) is 0 Å². The Balaban J connectivity index is 2.23. The summed E-state index contributed by atoms with van der Waals surface area (Å²) in [6.45, 7) is 0.371. The van der Waals surface area contributed by atoms with Crippen LogP contribution in [-0.4, -0.2) is 35.9 Å². The van der Waals surface area contributed by atoms with Crippen LogP contribution in [0.4, 0.5) is 0 Å². The van der Waals surface area contributed by atoms with Crippen LogP contribution in [0, 0.1) is 0 Å². The summed E-state index contributed by atoms with van der Waals surface area (Å²) < 4.78 is 17.5. The van der Waals surface area contributed by atoms with Crippen molar-refractivity contribution in [2.45, 2.75) is 6.54 Å². The summed E-state index contributed by atoms with van der Waals surface area (Å²) in [6.07, 6.45) is 3.19. The molecule has 0 radical (unpaired) electrons. The zero-order chi connectivity index (χ0) is 16.4. The molecule has 3 rings (SSSR count). The molecule has 0 saturated carbocycles. The number of hydrogen-bond donors (Lipinski definition) is 0. The standard InChI is InChI=1S/C15H15N3O4S/c1-20-10-6-9-12(14(22-3)13(10)21-2)17-8-18(15(9)19)7-11-16-4-5-23-11/h4-6,8H,7H2,1-3H3. The van der Waals surface area contributed by atoms with Gasteiger partial charge in [0.2, 0.25) is 5.75 Å². The van der Waals surface area contributed by atoms with Gasteiger partial charge in [-0.2, -0.15) is 0 Å². The largest absolute Gasteiger partial charge is 0.493 e. The first-order valence-corrected chi connectivity index (χ1v) is 7.64. The fourth-order valence-corrected chi connectivity index (χ4v) is 2.97. The van der Waals surface area contributed by atoms with Crippen LogP contribution in [0.25, 0.3) is 10.9 Å². The monoisotopic (exact) mass is 333 g/mol. The first kappa shape index (κ1) is 15.3. The predicted molar refractivity (Wildman–Crippen MR) is 86.9 cm³/mol. The third-order valence-electron chi connectivity index (χ3n) is 3.41. The molecule has 0 spiro atoms. The van der Waals surface area contributed by atoms with Crippen LogP contribution in [0.15, 0.2) is 28.8 Å². The van der Waals surface area contributed by atoms with Gasteiger partial charge in [-0.05, 0) is 6.07 Å². The minimum absolute atomic E-state index is 0.190. The third-order valence-corrected chi connectivity index (χ3v) is 4.17. The second-order valence-corrected chi connectivity index (χ2v) is 5.62. The van der Waals surface area contributed by atoms with Gasteiger partial charge < -0.3 is 14.2 Å². The first-order valence-electron chi connectivity index (χ1n) is 6.76. The van der Waals surface area contributed by atoms with Gasteiger partial charge in [0, 0.05) is 11.6 Å². The van der Waals surface area contributed by atoms with Crippen molar-refractivity contribution in [1.29, 1.82) is 0 Å². The molecule has 0 amide bonds. The van der Waals surface area contributed by atoms with Gasteiger partial charge in [0.1, 0.15) is 10.5 Å². The maximum atomic E-state index is 12.7. The fourth-order valence-electron chi connectivity index (χ4n) is 2.36. The highest BCUT2D eigenvalue weighted by molar-refractivity contribution is 7.09. The topological polar surface area (TPSA) is 75.5 Å². The van der Waals surface area contributed by atoms with Gasteiger partial charge in [-0.25, -0.2) is 9.97 Å². The Bertz CT molecular complexity index is 890. The van der Waals surface area contributed by atoms with Crippen LogP contribution in [0.1, 0.15) is 5.01 Å². The molecule has 1 aromatic carbocycles. The van der Waals surface area contributed by atoms with E-state index in [9.17, 15) is 4.79 Å². The molecule has 0 atom stereocenters. The molecular formula is C15H15N3O4S. The van der Waals surface area contributed by atoms with Gasteiger partial charge in [0.25, 0.3) is 5.56 Å². The van der Waals surface area contributed by atoms with Gasteiger partial charge in [-0.3, -0.25) is 9.36 Å². The van der Waals surface area contributed by atoms with Gasteiger partial charge >= 0.3 is 0 Å². The van der Waals surface area contributed by atoms with Crippen molar-refractivity contribution in [2.75, 3.05) is 21.3 Å². The fraction of sp³-hybridized carbons (Fsp3) is 0.267. The van der Waals surface area contributed by atoms with Crippen molar-refractivity contribution < 1.29 is 14.2 Å². The molecule has 0 saturated heterocycles. The lowest BCUT2D eigenvalue weighted by atomic mass is 10.2. The van der Waals surface area contributed by atoms with E-state index >= 15 is 0 Å². The van der Waals surface area contributed by atoms with Gasteiger partial charge in [0.05, 0.1) is 39.6 Å². The minimum Gasteiger partial charge on any atom is -0.493 e. The lowest BCUT2D eigenvalue weighted by Gasteiger charge is -2.14. The molecule has 0 aliphatic heterocycles. The molecule has 3 aromatic rings. The van der Waals surface area contributed by atoms with Crippen molar-refractivity contribution in [3.63, 3.8) is 0 Å². The van der Waals surface area contributed by atoms with Crippen molar-refractivity contribution in [2.24, 2.45) is 0 Å². The molecule has 0 unspecified atom stereocenters. The summed E-state index contributed by atoms with van der Waals surface area (Å²) in [6, 6.07) is 1.62. The van der Waals surface area contributed by atoms with E-state index in [2.05, 4.69) is 9.97 Å². The molecule has 0 aliphatic carbocycles. The van der Waals surface area contributed by atoms with Gasteiger partial charge in [-0.1, -0.05) is 0 Å². The maximum Gasteiger partial charge on any atom is 0.261 e. The lowest BCUT2D eigenvalue weighted by molar-refractivity contribution is 0.326. The normalized spacial score (nSPS) is 10.7. The van der Waals surface area contributed by atoms with Gasteiger partial charge in [0.15, 0.2) is 11.5 Å². The molecule has 7 nitrogen and oxygen atoms in total. The van der Waals surface area contributed by atoms with E-state index in [4.69, 9.17) is 14.2 Å². The Hall–Kier alpha value is -2.61. The molecule has 0 bridgehead atoms. The molecule has 0 N–H and O–H groups in total. The molecule has 2 heterocycles. The van der Waals surface area contributed by atoms with Crippen molar-refractivity contribution in [3.8, 4) is 17.2 Å². The second kappa shape index (κ2) is 6.25. The Labute approximate surface area is 136 Å². The van der Waals surface area contributed by atoms with Crippen molar-refractivity contribution >= 4 is 22.2 Å². The maximum absolute atomic E-state index is 12.7. The molecule has 8 heteroatoms. The summed E-state index contributed by atoms with van der Waals surface area (Å²) in [4.78, 5) is 21.3. The highest BCUT2D eigenvalue weighted by Crippen LogP contribution is 2.41. The highest BCUT2D eigenvalue weighted by Gasteiger charge is 2.19. The summed E-state index contributed by atoms with van der Waals surface area (Å²) in [5.41, 5.74) is 0.245. The van der Waals surface area contributed by atoms with E-state index in [1.165, 1.54) is 43.6 Å². The second-order valence-electron chi connectivity index (χ2n) is 4.64. The van der Waals surface area contributed by atoms with E-state index in [0.717, 1.165) is 5.01 Å². The smallest absolute Gasteiger partial charge is 0.261 e. The van der Waals surface area contributed by atoms with Crippen LogP contribution < -0.4 is 19.8 Å². The number of thiazole rings is 1. The highest BCUT2D eigenvalue weighted by atomic mass is 32.1. The minimum atomic E-state index is -0.190. The van der Waals surface area contributed by atoms with Crippen molar-refractivity contribution in [3.05, 3.63) is 39.3 Å². The van der Waals surface area contributed by atoms with Crippen LogP contribution in [0.5, 0.6) is 17.2 Å². The quantitative estimate of drug-likeness (QED) is 0.710. The van der Waals surface area contributed by atoms with Crippen LogP contribution in [0.2, 0.25) is 0 Å². The summed E-state index contributed by atoms with van der Waals surface area (Å²) in [5, 5.41) is 3.10.